The Balaban J connectivity index is 2.50. The summed E-state index contributed by atoms with van der Waals surface area (Å²) in [6, 6.07) is 0. The quantitative estimate of drug-likeness (QED) is 0.717. The van der Waals surface area contributed by atoms with Crippen molar-refractivity contribution < 1.29 is 13.5 Å². The summed E-state index contributed by atoms with van der Waals surface area (Å²) in [6.45, 7) is 6.09. The lowest BCUT2D eigenvalue weighted by molar-refractivity contribution is -0.00341. The molecule has 1 aliphatic heterocycles. The van der Waals surface area contributed by atoms with Gasteiger partial charge in [-0.1, -0.05) is 13.8 Å². The molecule has 2 N–H and O–H groups in total. The average molecular weight is 264 g/mol. The maximum Gasteiger partial charge on any atom is 0.214 e. The minimum atomic E-state index is -3.10. The lowest BCUT2D eigenvalue weighted by Crippen LogP contribution is -2.51. The summed E-state index contributed by atoms with van der Waals surface area (Å²) in [5.74, 6) is 0.207. The van der Waals surface area contributed by atoms with Gasteiger partial charge in [-0.05, 0) is 25.8 Å². The number of hydrogen-bond donors (Lipinski definition) is 2. The molecule has 5 nitrogen and oxygen atoms in total. The Kier molecular flexibility index (Phi) is 5.37. The number of nitrogens with one attached hydrogen (secondary N) is 1. The third kappa shape index (κ3) is 4.21. The summed E-state index contributed by atoms with van der Waals surface area (Å²) < 4.78 is 25.2. The van der Waals surface area contributed by atoms with Gasteiger partial charge in [-0.25, -0.2) is 12.7 Å². The second-order valence-electron chi connectivity index (χ2n) is 4.72. The molecule has 0 amide bonds. The van der Waals surface area contributed by atoms with E-state index < -0.39 is 15.6 Å². The number of nitrogens with zero attached hydrogens (tertiary/aromatic N) is 1. The fourth-order valence-corrected chi connectivity index (χ4v) is 3.62. The van der Waals surface area contributed by atoms with E-state index in [1.807, 2.05) is 13.8 Å². The van der Waals surface area contributed by atoms with Gasteiger partial charge in [0.15, 0.2) is 0 Å². The van der Waals surface area contributed by atoms with Crippen LogP contribution in [-0.4, -0.2) is 55.4 Å². The van der Waals surface area contributed by atoms with Crippen LogP contribution in [0.3, 0.4) is 0 Å². The number of sulfonamides is 1. The fourth-order valence-electron chi connectivity index (χ4n) is 2.10. The van der Waals surface area contributed by atoms with Gasteiger partial charge >= 0.3 is 0 Å². The van der Waals surface area contributed by atoms with Crippen molar-refractivity contribution in [3.05, 3.63) is 0 Å². The Morgan fingerprint density at radius 1 is 1.29 bits per heavy atom. The van der Waals surface area contributed by atoms with Gasteiger partial charge in [0.2, 0.25) is 10.0 Å². The number of aliphatic hydroxyl groups is 1. The van der Waals surface area contributed by atoms with Crippen molar-refractivity contribution in [2.45, 2.75) is 38.7 Å². The van der Waals surface area contributed by atoms with Crippen LogP contribution < -0.4 is 5.32 Å². The van der Waals surface area contributed by atoms with E-state index in [0.717, 1.165) is 6.54 Å². The standard InChI is InChI=1S/C11H24N2O3S/c1-3-9-17(15,16)13-7-5-11(14,6-8-13)10-12-4-2/h12,14H,3-10H2,1-2H3. The Hall–Kier alpha value is -0.170. The van der Waals surface area contributed by atoms with Crippen molar-refractivity contribution >= 4 is 10.0 Å². The van der Waals surface area contributed by atoms with E-state index in [1.165, 1.54) is 4.31 Å². The summed E-state index contributed by atoms with van der Waals surface area (Å²) in [5, 5.41) is 13.4. The highest BCUT2D eigenvalue weighted by Crippen LogP contribution is 2.23. The molecule has 0 aliphatic carbocycles. The predicted molar refractivity (Wildman–Crippen MR) is 68.4 cm³/mol. The van der Waals surface area contributed by atoms with E-state index in [0.29, 0.717) is 38.9 Å². The molecular formula is C11H24N2O3S. The average Bonchev–Trinajstić information content (AvgIpc) is 2.27. The molecule has 1 fully saturated rings. The van der Waals surface area contributed by atoms with Gasteiger partial charge in [-0.2, -0.15) is 0 Å². The summed E-state index contributed by atoms with van der Waals surface area (Å²) >= 11 is 0. The van der Waals surface area contributed by atoms with Crippen LogP contribution in [0.1, 0.15) is 33.1 Å². The predicted octanol–water partition coefficient (Wildman–Crippen LogP) is 0.163. The molecule has 1 saturated heterocycles. The molecule has 1 aliphatic rings. The zero-order valence-corrected chi connectivity index (χ0v) is 11.6. The van der Waals surface area contributed by atoms with E-state index in [4.69, 9.17) is 0 Å². The largest absolute Gasteiger partial charge is 0.388 e. The zero-order valence-electron chi connectivity index (χ0n) is 10.8. The minimum Gasteiger partial charge on any atom is -0.388 e. The van der Waals surface area contributed by atoms with Crippen molar-refractivity contribution in [3.63, 3.8) is 0 Å². The Labute approximate surface area is 104 Å². The van der Waals surface area contributed by atoms with Crippen LogP contribution in [0.15, 0.2) is 0 Å². The highest BCUT2D eigenvalue weighted by Gasteiger charge is 2.35. The fraction of sp³-hybridized carbons (Fsp3) is 1.00. The number of piperidine rings is 1. The maximum atomic E-state index is 11.8. The monoisotopic (exact) mass is 264 g/mol. The second kappa shape index (κ2) is 6.13. The smallest absolute Gasteiger partial charge is 0.214 e. The third-order valence-corrected chi connectivity index (χ3v) is 5.29. The highest BCUT2D eigenvalue weighted by atomic mass is 32.2. The van der Waals surface area contributed by atoms with Crippen molar-refractivity contribution in [2.24, 2.45) is 0 Å². The van der Waals surface area contributed by atoms with E-state index in [2.05, 4.69) is 5.32 Å². The maximum absolute atomic E-state index is 11.8. The van der Waals surface area contributed by atoms with E-state index in [1.54, 1.807) is 0 Å². The number of likely N-dealkylation sites (N-methyl/N-ethyl adjacent to an activating group) is 1. The van der Waals surface area contributed by atoms with Crippen LogP contribution in [0.4, 0.5) is 0 Å². The van der Waals surface area contributed by atoms with Gasteiger partial charge < -0.3 is 10.4 Å². The zero-order chi connectivity index (χ0) is 12.9. The molecule has 1 rings (SSSR count). The van der Waals surface area contributed by atoms with Crippen molar-refractivity contribution in [1.82, 2.24) is 9.62 Å². The SMILES string of the molecule is CCCS(=O)(=O)N1CCC(O)(CNCC)CC1. The first-order chi connectivity index (χ1) is 7.93. The Morgan fingerprint density at radius 3 is 2.35 bits per heavy atom. The van der Waals surface area contributed by atoms with Gasteiger partial charge in [0, 0.05) is 19.6 Å². The third-order valence-electron chi connectivity index (χ3n) is 3.21. The first kappa shape index (κ1) is 14.9. The molecule has 0 aromatic heterocycles. The summed E-state index contributed by atoms with van der Waals surface area (Å²) in [7, 11) is -3.10. The molecule has 0 aromatic rings. The molecule has 0 radical (unpaired) electrons. The van der Waals surface area contributed by atoms with Crippen LogP contribution in [0.25, 0.3) is 0 Å². The molecule has 0 bridgehead atoms. The number of hydrogen-bond acceptors (Lipinski definition) is 4. The lowest BCUT2D eigenvalue weighted by atomic mass is 9.92. The van der Waals surface area contributed by atoms with Gasteiger partial charge in [-0.3, -0.25) is 0 Å². The van der Waals surface area contributed by atoms with Gasteiger partial charge in [0.1, 0.15) is 0 Å². The topological polar surface area (TPSA) is 69.6 Å². The molecule has 17 heavy (non-hydrogen) atoms. The summed E-state index contributed by atoms with van der Waals surface area (Å²) in [6.07, 6.45) is 1.67. The first-order valence-corrected chi connectivity index (χ1v) is 7.95. The Bertz CT molecular complexity index is 322. The van der Waals surface area contributed by atoms with E-state index >= 15 is 0 Å². The van der Waals surface area contributed by atoms with Crippen LogP contribution in [-0.2, 0) is 10.0 Å². The molecule has 0 unspecified atom stereocenters. The molecule has 0 atom stereocenters. The van der Waals surface area contributed by atoms with Crippen LogP contribution in [0.2, 0.25) is 0 Å². The van der Waals surface area contributed by atoms with E-state index in [-0.39, 0.29) is 5.75 Å². The van der Waals surface area contributed by atoms with Crippen LogP contribution >= 0.6 is 0 Å². The van der Waals surface area contributed by atoms with Crippen molar-refractivity contribution in [1.29, 1.82) is 0 Å². The Morgan fingerprint density at radius 2 is 1.88 bits per heavy atom. The molecular weight excluding hydrogens is 240 g/mol. The molecule has 0 aromatic carbocycles. The van der Waals surface area contributed by atoms with Crippen molar-refractivity contribution in [2.75, 3.05) is 31.9 Å². The van der Waals surface area contributed by atoms with Gasteiger partial charge in [0.25, 0.3) is 0 Å². The second-order valence-corrected chi connectivity index (χ2v) is 6.81. The van der Waals surface area contributed by atoms with Gasteiger partial charge in [0.05, 0.1) is 11.4 Å². The van der Waals surface area contributed by atoms with Crippen molar-refractivity contribution in [3.8, 4) is 0 Å². The van der Waals surface area contributed by atoms with E-state index in [9.17, 15) is 13.5 Å². The lowest BCUT2D eigenvalue weighted by Gasteiger charge is -2.37. The van der Waals surface area contributed by atoms with Gasteiger partial charge in [-0.15, -0.1) is 0 Å². The summed E-state index contributed by atoms with van der Waals surface area (Å²) in [5.41, 5.74) is -0.742. The first-order valence-electron chi connectivity index (χ1n) is 6.34. The molecule has 102 valence electrons. The molecule has 0 spiro atoms. The number of rotatable bonds is 6. The molecule has 1 heterocycles. The minimum absolute atomic E-state index is 0.207. The molecule has 6 heteroatoms. The molecule has 0 saturated carbocycles. The van der Waals surface area contributed by atoms with Crippen LogP contribution in [0, 0.1) is 0 Å². The highest BCUT2D eigenvalue weighted by molar-refractivity contribution is 7.89. The van der Waals surface area contributed by atoms with Crippen LogP contribution in [0.5, 0.6) is 0 Å². The normalized spacial score (nSPS) is 21.6. The summed E-state index contributed by atoms with van der Waals surface area (Å²) in [4.78, 5) is 0.